The van der Waals surface area contributed by atoms with Crippen LogP contribution in [-0.4, -0.2) is 28.3 Å². The number of hydrogen-bond acceptors (Lipinski definition) is 5. The Morgan fingerprint density at radius 3 is 2.79 bits per heavy atom. The van der Waals surface area contributed by atoms with Crippen LogP contribution in [0.2, 0.25) is 0 Å². The van der Waals surface area contributed by atoms with Crippen LogP contribution in [0.15, 0.2) is 59.2 Å². The van der Waals surface area contributed by atoms with E-state index in [0.29, 0.717) is 35.7 Å². The molecule has 0 unspecified atom stereocenters. The predicted molar refractivity (Wildman–Crippen MR) is 102 cm³/mol. The number of benzene rings is 2. The molecule has 1 fully saturated rings. The molecule has 1 aliphatic heterocycles. The van der Waals surface area contributed by atoms with Crippen LogP contribution < -0.4 is 0 Å². The molecule has 4 rings (SSSR count). The van der Waals surface area contributed by atoms with Crippen molar-refractivity contribution in [2.75, 3.05) is 6.54 Å². The first-order chi connectivity index (χ1) is 14.1. The summed E-state index contributed by atoms with van der Waals surface area (Å²) in [6.07, 6.45) is 2.86. The highest BCUT2D eigenvalue weighted by molar-refractivity contribution is 5.89. The Balaban J connectivity index is 1.37. The number of amides is 1. The first-order valence-electron chi connectivity index (χ1n) is 9.33. The Hall–Kier alpha value is -3.48. The highest BCUT2D eigenvalue weighted by Crippen LogP contribution is 2.20. The van der Waals surface area contributed by atoms with E-state index in [2.05, 4.69) is 4.98 Å². The third-order valence-electron chi connectivity index (χ3n) is 4.70. The number of rotatable bonds is 6. The zero-order chi connectivity index (χ0) is 20.2. The molecule has 0 bridgehead atoms. The second-order valence-electron chi connectivity index (χ2n) is 6.85. The minimum Gasteiger partial charge on any atom is -0.455 e. The molecule has 0 spiro atoms. The Labute approximate surface area is 166 Å². The van der Waals surface area contributed by atoms with Gasteiger partial charge in [-0.15, -0.1) is 0 Å². The van der Waals surface area contributed by atoms with Crippen LogP contribution >= 0.6 is 0 Å². The average Bonchev–Trinajstić information content (AvgIpc) is 3.36. The third kappa shape index (κ3) is 4.51. The van der Waals surface area contributed by atoms with Gasteiger partial charge in [0.2, 0.25) is 11.8 Å². The maximum atomic E-state index is 13.0. The van der Waals surface area contributed by atoms with E-state index in [1.807, 2.05) is 6.07 Å². The van der Waals surface area contributed by atoms with Crippen molar-refractivity contribution in [3.63, 3.8) is 0 Å². The van der Waals surface area contributed by atoms with E-state index in [1.165, 1.54) is 18.4 Å². The molecular weight excluding hydrogens is 375 g/mol. The van der Waals surface area contributed by atoms with Gasteiger partial charge < -0.3 is 14.1 Å². The van der Waals surface area contributed by atoms with Crippen molar-refractivity contribution in [3.05, 3.63) is 77.4 Å². The molecule has 6 nitrogen and oxygen atoms in total. The van der Waals surface area contributed by atoms with Gasteiger partial charge in [0.1, 0.15) is 24.4 Å². The maximum absolute atomic E-state index is 13.0. The molecule has 2 aromatic carbocycles. The van der Waals surface area contributed by atoms with Crippen LogP contribution in [0.4, 0.5) is 4.39 Å². The topological polar surface area (TPSA) is 72.6 Å². The van der Waals surface area contributed by atoms with Gasteiger partial charge in [0.05, 0.1) is 5.56 Å². The van der Waals surface area contributed by atoms with Gasteiger partial charge in [-0.2, -0.15) is 0 Å². The standard InChI is InChI=1S/C22H19FN2O4/c23-18-8-6-16(7-9-18)21-24-19(13-28-21)14-29-22(27)17-4-1-3-15(11-17)12-25-10-2-5-20(25)26/h1,3-4,6-9,11,13H,2,5,10,12,14H2. The quantitative estimate of drug-likeness (QED) is 0.592. The van der Waals surface area contributed by atoms with E-state index in [1.54, 1.807) is 35.2 Å². The lowest BCUT2D eigenvalue weighted by Crippen LogP contribution is -2.23. The molecule has 1 aromatic heterocycles. The monoisotopic (exact) mass is 394 g/mol. The van der Waals surface area contributed by atoms with Crippen LogP contribution in [0.3, 0.4) is 0 Å². The minimum atomic E-state index is -0.481. The van der Waals surface area contributed by atoms with Gasteiger partial charge in [-0.05, 0) is 48.4 Å². The number of halogens is 1. The molecule has 0 saturated carbocycles. The van der Waals surface area contributed by atoms with Crippen molar-refractivity contribution in [1.82, 2.24) is 9.88 Å². The molecule has 29 heavy (non-hydrogen) atoms. The van der Waals surface area contributed by atoms with Gasteiger partial charge in [-0.3, -0.25) is 4.79 Å². The number of carbonyl (C=O) groups excluding carboxylic acids is 2. The van der Waals surface area contributed by atoms with E-state index < -0.39 is 5.97 Å². The summed E-state index contributed by atoms with van der Waals surface area (Å²) in [5.41, 5.74) is 2.38. The molecule has 1 saturated heterocycles. The van der Waals surface area contributed by atoms with Crippen LogP contribution in [0.25, 0.3) is 11.5 Å². The fourth-order valence-electron chi connectivity index (χ4n) is 3.21. The first kappa shape index (κ1) is 18.9. The van der Waals surface area contributed by atoms with Crippen molar-refractivity contribution < 1.29 is 23.1 Å². The number of aromatic nitrogens is 1. The lowest BCUT2D eigenvalue weighted by molar-refractivity contribution is -0.128. The molecule has 2 heterocycles. The van der Waals surface area contributed by atoms with Gasteiger partial charge in [0.15, 0.2) is 0 Å². The summed E-state index contributed by atoms with van der Waals surface area (Å²) < 4.78 is 23.7. The van der Waals surface area contributed by atoms with Crippen LogP contribution in [0.5, 0.6) is 0 Å². The Kier molecular flexibility index (Phi) is 5.37. The van der Waals surface area contributed by atoms with Crippen molar-refractivity contribution in [2.45, 2.75) is 26.0 Å². The number of hydrogen-bond donors (Lipinski definition) is 0. The summed E-state index contributed by atoms with van der Waals surface area (Å²) >= 11 is 0. The van der Waals surface area contributed by atoms with Crippen LogP contribution in [0.1, 0.15) is 34.5 Å². The molecule has 0 atom stereocenters. The van der Waals surface area contributed by atoms with E-state index in [-0.39, 0.29) is 18.3 Å². The third-order valence-corrected chi connectivity index (χ3v) is 4.70. The molecule has 0 radical (unpaired) electrons. The summed E-state index contributed by atoms with van der Waals surface area (Å²) in [5, 5.41) is 0. The molecule has 1 aliphatic rings. The van der Waals surface area contributed by atoms with E-state index in [9.17, 15) is 14.0 Å². The maximum Gasteiger partial charge on any atom is 0.338 e. The van der Waals surface area contributed by atoms with Gasteiger partial charge >= 0.3 is 5.97 Å². The second-order valence-corrected chi connectivity index (χ2v) is 6.85. The normalized spacial score (nSPS) is 13.7. The number of oxazole rings is 1. The number of esters is 1. The Bertz CT molecular complexity index is 1030. The van der Waals surface area contributed by atoms with Crippen molar-refractivity contribution in [3.8, 4) is 11.5 Å². The Morgan fingerprint density at radius 2 is 2.03 bits per heavy atom. The molecule has 0 aliphatic carbocycles. The molecule has 7 heteroatoms. The number of nitrogens with zero attached hydrogens (tertiary/aromatic N) is 2. The summed E-state index contributed by atoms with van der Waals surface area (Å²) in [5.74, 6) is -0.356. The Morgan fingerprint density at radius 1 is 1.21 bits per heavy atom. The summed E-state index contributed by atoms with van der Waals surface area (Å²) in [6, 6.07) is 12.8. The first-order valence-corrected chi connectivity index (χ1v) is 9.33. The van der Waals surface area contributed by atoms with E-state index in [0.717, 1.165) is 18.5 Å². The number of likely N-dealkylation sites (tertiary alicyclic amines) is 1. The second kappa shape index (κ2) is 8.26. The van der Waals surface area contributed by atoms with E-state index >= 15 is 0 Å². The summed E-state index contributed by atoms with van der Waals surface area (Å²) in [4.78, 5) is 30.2. The van der Waals surface area contributed by atoms with Gasteiger partial charge in [-0.25, -0.2) is 14.2 Å². The molecule has 148 valence electrons. The zero-order valence-corrected chi connectivity index (χ0v) is 15.6. The zero-order valence-electron chi connectivity index (χ0n) is 15.6. The van der Waals surface area contributed by atoms with Crippen LogP contribution in [-0.2, 0) is 22.7 Å². The van der Waals surface area contributed by atoms with Crippen molar-refractivity contribution in [2.24, 2.45) is 0 Å². The van der Waals surface area contributed by atoms with E-state index in [4.69, 9.17) is 9.15 Å². The van der Waals surface area contributed by atoms with Crippen LogP contribution in [0, 0.1) is 5.82 Å². The lowest BCUT2D eigenvalue weighted by atomic mass is 10.1. The fraction of sp³-hybridized carbons (Fsp3) is 0.227. The highest BCUT2D eigenvalue weighted by Gasteiger charge is 2.20. The molecular formula is C22H19FN2O4. The van der Waals surface area contributed by atoms with Crippen molar-refractivity contribution >= 4 is 11.9 Å². The average molecular weight is 394 g/mol. The summed E-state index contributed by atoms with van der Waals surface area (Å²) in [7, 11) is 0. The highest BCUT2D eigenvalue weighted by atomic mass is 19.1. The number of ether oxygens (including phenoxy) is 1. The number of carbonyl (C=O) groups is 2. The molecule has 0 N–H and O–H groups in total. The largest absolute Gasteiger partial charge is 0.455 e. The van der Waals surface area contributed by atoms with Gasteiger partial charge in [-0.1, -0.05) is 12.1 Å². The minimum absolute atomic E-state index is 0.0433. The lowest BCUT2D eigenvalue weighted by Gasteiger charge is -2.15. The summed E-state index contributed by atoms with van der Waals surface area (Å²) in [6.45, 7) is 1.19. The molecule has 3 aromatic rings. The fourth-order valence-corrected chi connectivity index (χ4v) is 3.21. The predicted octanol–water partition coefficient (Wildman–Crippen LogP) is 3.96. The molecule has 1 amide bonds. The SMILES string of the molecule is O=C(OCc1coc(-c2ccc(F)cc2)n1)c1cccc(CN2CCCC2=O)c1. The van der Waals surface area contributed by atoms with Crippen molar-refractivity contribution in [1.29, 1.82) is 0 Å². The van der Waals surface area contributed by atoms with Gasteiger partial charge in [0, 0.05) is 25.1 Å². The van der Waals surface area contributed by atoms with Gasteiger partial charge in [0.25, 0.3) is 0 Å². The smallest absolute Gasteiger partial charge is 0.338 e.